The average Bonchev–Trinajstić information content (AvgIpc) is 2.89. The highest BCUT2D eigenvalue weighted by atomic mass is 32.2. The second-order valence-electron chi connectivity index (χ2n) is 5.36. The molecule has 9 heteroatoms. The van der Waals surface area contributed by atoms with Gasteiger partial charge in [-0.25, -0.2) is 12.8 Å². The number of fused-ring (bicyclic) bond motifs is 1. The Hall–Kier alpha value is -3.07. The summed E-state index contributed by atoms with van der Waals surface area (Å²) in [5.41, 5.74) is 0.442. The fourth-order valence-corrected chi connectivity index (χ4v) is 3.58. The van der Waals surface area contributed by atoms with Gasteiger partial charge < -0.3 is 4.74 Å². The molecule has 2 aromatic carbocycles. The van der Waals surface area contributed by atoms with Gasteiger partial charge in [-0.3, -0.25) is 19.3 Å². The van der Waals surface area contributed by atoms with E-state index in [1.165, 1.54) is 24.3 Å². The van der Waals surface area contributed by atoms with Gasteiger partial charge in [-0.05, 0) is 24.3 Å². The summed E-state index contributed by atoms with van der Waals surface area (Å²) in [6, 6.07) is 11.2. The minimum Gasteiger partial charge on any atom is -0.456 e. The van der Waals surface area contributed by atoms with Crippen LogP contribution in [0.15, 0.2) is 58.4 Å². The Morgan fingerprint density at radius 2 is 1.88 bits per heavy atom. The molecule has 26 heavy (non-hydrogen) atoms. The lowest BCUT2D eigenvalue weighted by molar-refractivity contribution is -0.140. The quantitative estimate of drug-likeness (QED) is 0.626. The van der Waals surface area contributed by atoms with E-state index in [2.05, 4.69) is 9.71 Å². The van der Waals surface area contributed by atoms with Crippen LogP contribution in [0.25, 0.3) is 0 Å². The van der Waals surface area contributed by atoms with Gasteiger partial charge in [0.1, 0.15) is 18.2 Å². The highest BCUT2D eigenvalue weighted by Gasteiger charge is 2.30. The Morgan fingerprint density at radius 1 is 1.12 bits per heavy atom. The van der Waals surface area contributed by atoms with Crippen molar-refractivity contribution in [1.29, 1.82) is 0 Å². The molecule has 0 atom stereocenters. The van der Waals surface area contributed by atoms with Crippen LogP contribution in [-0.2, 0) is 19.6 Å². The van der Waals surface area contributed by atoms with Crippen LogP contribution < -0.4 is 4.72 Å². The predicted octanol–water partition coefficient (Wildman–Crippen LogP) is 1.29. The predicted molar refractivity (Wildman–Crippen MR) is 89.9 cm³/mol. The maximum absolute atomic E-state index is 13.1. The number of amidine groups is 1. The summed E-state index contributed by atoms with van der Waals surface area (Å²) >= 11 is 0. The standard InChI is InChI=1S/C17H13FN2O5S/c18-12-5-3-4-11(8-12)14(21)10-25-16(22)9-19-17-13-6-1-2-7-15(13)26(23,24)20-17/h1-8H,9-10H2,(H,19,20). The van der Waals surface area contributed by atoms with Crippen LogP contribution in [0.4, 0.5) is 4.39 Å². The number of nitrogens with zero attached hydrogens (tertiary/aromatic N) is 1. The SMILES string of the molecule is O=C(CN=C1NS(=O)(=O)c2ccccc21)OCC(=O)c1cccc(F)c1. The molecular formula is C17H13FN2O5S. The van der Waals surface area contributed by atoms with Crippen molar-refractivity contribution in [3.05, 3.63) is 65.5 Å². The maximum Gasteiger partial charge on any atom is 0.328 e. The molecule has 2 aromatic rings. The number of carbonyl (C=O) groups excluding carboxylic acids is 2. The molecule has 1 aliphatic rings. The Balaban J connectivity index is 1.61. The summed E-state index contributed by atoms with van der Waals surface area (Å²) in [6.45, 7) is -1.03. The Kier molecular flexibility index (Phi) is 4.81. The summed E-state index contributed by atoms with van der Waals surface area (Å²) in [4.78, 5) is 27.6. The third kappa shape index (κ3) is 3.77. The number of hydrogen-bond acceptors (Lipinski definition) is 6. The number of ketones is 1. The van der Waals surface area contributed by atoms with E-state index in [0.717, 1.165) is 6.07 Å². The minimum absolute atomic E-state index is 0.0361. The van der Waals surface area contributed by atoms with Crippen LogP contribution in [0.2, 0.25) is 0 Å². The molecule has 1 N–H and O–H groups in total. The first-order chi connectivity index (χ1) is 12.4. The molecule has 0 fully saturated rings. The maximum atomic E-state index is 13.1. The summed E-state index contributed by atoms with van der Waals surface area (Å²) in [5, 5.41) is 0. The Labute approximate surface area is 148 Å². The number of aliphatic imine (C=N–C) groups is 1. The second-order valence-corrected chi connectivity index (χ2v) is 7.01. The number of benzene rings is 2. The molecule has 134 valence electrons. The molecule has 0 saturated carbocycles. The smallest absolute Gasteiger partial charge is 0.328 e. The summed E-state index contributed by atoms with van der Waals surface area (Å²) in [6.07, 6.45) is 0. The number of carbonyl (C=O) groups is 2. The minimum atomic E-state index is -3.69. The van der Waals surface area contributed by atoms with Gasteiger partial charge in [0.2, 0.25) is 0 Å². The van der Waals surface area contributed by atoms with E-state index in [0.29, 0.717) is 5.56 Å². The first-order valence-corrected chi connectivity index (χ1v) is 8.96. The van der Waals surface area contributed by atoms with E-state index >= 15 is 0 Å². The van der Waals surface area contributed by atoms with Crippen molar-refractivity contribution in [2.75, 3.05) is 13.2 Å². The molecule has 0 aromatic heterocycles. The molecular weight excluding hydrogens is 363 g/mol. The van der Waals surface area contributed by atoms with Crippen LogP contribution in [0.5, 0.6) is 0 Å². The van der Waals surface area contributed by atoms with E-state index in [1.807, 2.05) is 0 Å². The monoisotopic (exact) mass is 376 g/mol. The van der Waals surface area contributed by atoms with E-state index in [1.54, 1.807) is 18.2 Å². The second kappa shape index (κ2) is 7.04. The average molecular weight is 376 g/mol. The van der Waals surface area contributed by atoms with Gasteiger partial charge >= 0.3 is 5.97 Å². The molecule has 0 aliphatic carbocycles. The van der Waals surface area contributed by atoms with Gasteiger partial charge in [-0.2, -0.15) is 0 Å². The molecule has 3 rings (SSSR count). The zero-order chi connectivity index (χ0) is 18.7. The van der Waals surface area contributed by atoms with Crippen molar-refractivity contribution in [1.82, 2.24) is 4.72 Å². The first kappa shape index (κ1) is 17.7. The fourth-order valence-electron chi connectivity index (χ4n) is 2.33. The molecule has 0 radical (unpaired) electrons. The van der Waals surface area contributed by atoms with E-state index in [4.69, 9.17) is 4.74 Å². The number of rotatable bonds is 5. The Bertz CT molecular complexity index is 1020. The summed E-state index contributed by atoms with van der Waals surface area (Å²) in [7, 11) is -3.69. The van der Waals surface area contributed by atoms with Gasteiger partial charge in [0.05, 0.1) is 4.90 Å². The number of ether oxygens (including phenoxy) is 1. The van der Waals surface area contributed by atoms with E-state index in [9.17, 15) is 22.4 Å². The third-order valence-electron chi connectivity index (χ3n) is 3.54. The molecule has 0 saturated heterocycles. The van der Waals surface area contributed by atoms with Crippen molar-refractivity contribution < 1.29 is 27.1 Å². The van der Waals surface area contributed by atoms with Crippen molar-refractivity contribution in [3.63, 3.8) is 0 Å². The van der Waals surface area contributed by atoms with Gasteiger partial charge in [-0.15, -0.1) is 0 Å². The van der Waals surface area contributed by atoms with Crippen LogP contribution in [-0.4, -0.2) is 39.2 Å². The highest BCUT2D eigenvalue weighted by molar-refractivity contribution is 7.90. The molecule has 7 nitrogen and oxygen atoms in total. The van der Waals surface area contributed by atoms with Crippen LogP contribution in [0, 0.1) is 5.82 Å². The molecule has 1 aliphatic heterocycles. The van der Waals surface area contributed by atoms with Crippen molar-refractivity contribution in [2.45, 2.75) is 4.90 Å². The van der Waals surface area contributed by atoms with Gasteiger partial charge in [-0.1, -0.05) is 24.3 Å². The van der Waals surface area contributed by atoms with Crippen molar-refractivity contribution in [3.8, 4) is 0 Å². The third-order valence-corrected chi connectivity index (χ3v) is 4.94. The molecule has 0 spiro atoms. The topological polar surface area (TPSA) is 102 Å². The fraction of sp³-hybridized carbons (Fsp3) is 0.118. The number of Topliss-reactive ketones (excluding diaryl/α,β-unsaturated/α-hetero) is 1. The van der Waals surface area contributed by atoms with Crippen molar-refractivity contribution in [2.24, 2.45) is 4.99 Å². The molecule has 0 unspecified atom stereocenters. The van der Waals surface area contributed by atoms with Crippen LogP contribution >= 0.6 is 0 Å². The molecule has 0 bridgehead atoms. The summed E-state index contributed by atoms with van der Waals surface area (Å²) in [5.74, 6) is -1.90. The van der Waals surface area contributed by atoms with E-state index in [-0.39, 0.29) is 16.3 Å². The highest BCUT2D eigenvalue weighted by Crippen LogP contribution is 2.22. The van der Waals surface area contributed by atoms with E-state index < -0.39 is 40.7 Å². The van der Waals surface area contributed by atoms with Crippen LogP contribution in [0.3, 0.4) is 0 Å². The van der Waals surface area contributed by atoms with Crippen molar-refractivity contribution >= 4 is 27.6 Å². The van der Waals surface area contributed by atoms with Gasteiger partial charge in [0.15, 0.2) is 12.4 Å². The zero-order valence-electron chi connectivity index (χ0n) is 13.3. The first-order valence-electron chi connectivity index (χ1n) is 7.48. The number of esters is 1. The normalized spacial score (nSPS) is 16.0. The summed E-state index contributed by atoms with van der Waals surface area (Å²) < 4.78 is 44.0. The molecule has 0 amide bonds. The lowest BCUT2D eigenvalue weighted by Crippen LogP contribution is -2.24. The molecule has 1 heterocycles. The lowest BCUT2D eigenvalue weighted by atomic mass is 10.1. The largest absolute Gasteiger partial charge is 0.456 e. The number of nitrogens with one attached hydrogen (secondary N) is 1. The number of halogens is 1. The van der Waals surface area contributed by atoms with Gasteiger partial charge in [0.25, 0.3) is 10.0 Å². The Morgan fingerprint density at radius 3 is 2.65 bits per heavy atom. The number of hydrogen-bond donors (Lipinski definition) is 1. The zero-order valence-corrected chi connectivity index (χ0v) is 14.1. The van der Waals surface area contributed by atoms with Crippen LogP contribution in [0.1, 0.15) is 15.9 Å². The number of sulfonamides is 1. The van der Waals surface area contributed by atoms with Gasteiger partial charge in [0, 0.05) is 11.1 Å². The lowest BCUT2D eigenvalue weighted by Gasteiger charge is -2.04.